The second-order valence-electron chi connectivity index (χ2n) is 4.52. The molecule has 1 aromatic rings. The Morgan fingerprint density at radius 2 is 2.00 bits per heavy atom. The van der Waals surface area contributed by atoms with Crippen LogP contribution in [0.4, 0.5) is 11.4 Å². The quantitative estimate of drug-likeness (QED) is 0.578. The number of nitrogens with two attached hydrogens (primary N) is 2. The maximum absolute atomic E-state index is 12.0. The van der Waals surface area contributed by atoms with Gasteiger partial charge in [0.1, 0.15) is 0 Å². The first kappa shape index (κ1) is 14.7. The molecule has 1 fully saturated rings. The molecular formula is C11H16N4O4S. The number of hydrogen-bond acceptors (Lipinski definition) is 5. The number of amides is 1. The van der Waals surface area contributed by atoms with Crippen LogP contribution in [0.15, 0.2) is 24.3 Å². The first-order chi connectivity index (χ1) is 9.35. The Labute approximate surface area is 116 Å². The summed E-state index contributed by atoms with van der Waals surface area (Å²) >= 11 is 0. The number of rotatable bonds is 4. The molecule has 0 bridgehead atoms. The van der Waals surface area contributed by atoms with Crippen LogP contribution in [-0.2, 0) is 19.7 Å². The fraction of sp³-hybridized carbons (Fsp3) is 0.364. The highest BCUT2D eigenvalue weighted by Crippen LogP contribution is 2.18. The molecule has 1 aromatic carbocycles. The van der Waals surface area contributed by atoms with Crippen LogP contribution in [0.2, 0.25) is 0 Å². The zero-order chi connectivity index (χ0) is 14.8. The second-order valence-corrected chi connectivity index (χ2v) is 5.82. The van der Waals surface area contributed by atoms with Crippen molar-refractivity contribution in [1.29, 1.82) is 0 Å². The Morgan fingerprint density at radius 1 is 1.30 bits per heavy atom. The Kier molecular flexibility index (Phi) is 4.23. The highest BCUT2D eigenvalue weighted by Gasteiger charge is 2.31. The number of carbonyl (C=O) groups is 1. The van der Waals surface area contributed by atoms with Gasteiger partial charge in [0, 0.05) is 11.7 Å². The second kappa shape index (κ2) is 5.75. The van der Waals surface area contributed by atoms with Crippen molar-refractivity contribution >= 4 is 27.5 Å². The molecule has 6 N–H and O–H groups in total. The van der Waals surface area contributed by atoms with Gasteiger partial charge in [-0.3, -0.25) is 9.52 Å². The van der Waals surface area contributed by atoms with Crippen LogP contribution < -0.4 is 20.9 Å². The molecule has 20 heavy (non-hydrogen) atoms. The van der Waals surface area contributed by atoms with Crippen molar-refractivity contribution in [2.45, 2.75) is 6.04 Å². The monoisotopic (exact) mass is 300 g/mol. The molecule has 0 saturated carbocycles. The van der Waals surface area contributed by atoms with Gasteiger partial charge in [-0.25, -0.2) is 5.14 Å². The van der Waals surface area contributed by atoms with Crippen LogP contribution in [-0.4, -0.2) is 33.6 Å². The average Bonchev–Trinajstić information content (AvgIpc) is 2.73. The van der Waals surface area contributed by atoms with Gasteiger partial charge in [0.15, 0.2) is 0 Å². The highest BCUT2D eigenvalue weighted by atomic mass is 32.2. The van der Waals surface area contributed by atoms with Crippen molar-refractivity contribution in [1.82, 2.24) is 0 Å². The third-order valence-corrected chi connectivity index (χ3v) is 3.37. The molecule has 1 heterocycles. The molecule has 1 aliphatic heterocycles. The number of nitrogens with one attached hydrogen (secondary N) is 2. The molecular weight excluding hydrogens is 284 g/mol. The van der Waals surface area contributed by atoms with E-state index in [-0.39, 0.29) is 24.2 Å². The van der Waals surface area contributed by atoms with E-state index in [1.807, 2.05) is 0 Å². The first-order valence-corrected chi connectivity index (χ1v) is 7.44. The van der Waals surface area contributed by atoms with Crippen LogP contribution in [0, 0.1) is 5.92 Å². The smallest absolute Gasteiger partial charge is 0.296 e. The lowest BCUT2D eigenvalue weighted by Gasteiger charge is -2.14. The van der Waals surface area contributed by atoms with Gasteiger partial charge in [0.05, 0.1) is 24.8 Å². The lowest BCUT2D eigenvalue weighted by atomic mass is 10.0. The summed E-state index contributed by atoms with van der Waals surface area (Å²) in [7, 11) is -3.85. The zero-order valence-corrected chi connectivity index (χ0v) is 11.4. The van der Waals surface area contributed by atoms with Gasteiger partial charge in [0.25, 0.3) is 10.2 Å². The molecule has 2 atom stereocenters. The van der Waals surface area contributed by atoms with E-state index in [4.69, 9.17) is 15.6 Å². The Bertz CT molecular complexity index is 604. The van der Waals surface area contributed by atoms with Gasteiger partial charge in [0.2, 0.25) is 5.91 Å². The van der Waals surface area contributed by atoms with E-state index in [0.717, 1.165) is 0 Å². The highest BCUT2D eigenvalue weighted by molar-refractivity contribution is 7.90. The van der Waals surface area contributed by atoms with E-state index >= 15 is 0 Å². The normalized spacial score (nSPS) is 22.5. The zero-order valence-electron chi connectivity index (χ0n) is 10.6. The summed E-state index contributed by atoms with van der Waals surface area (Å²) in [5.74, 6) is -0.674. The van der Waals surface area contributed by atoms with E-state index < -0.39 is 16.1 Å². The molecule has 0 aromatic heterocycles. The predicted molar refractivity (Wildman–Crippen MR) is 74.1 cm³/mol. The Hall–Kier alpha value is -1.68. The number of benzene rings is 1. The summed E-state index contributed by atoms with van der Waals surface area (Å²) < 4.78 is 29.1. The third-order valence-electron chi connectivity index (χ3n) is 2.85. The van der Waals surface area contributed by atoms with Gasteiger partial charge in [-0.1, -0.05) is 6.07 Å². The van der Waals surface area contributed by atoms with Gasteiger partial charge < -0.3 is 15.8 Å². The standard InChI is InChI=1S/C11H16N4O4S/c12-10-6-19-5-9(10)11(16)14-7-2-1-3-8(4-7)15-20(13,17)18/h1-4,9-10,15H,5-6,12H2,(H,14,16)(H2,13,17,18). The predicted octanol–water partition coefficient (Wildman–Crippen LogP) is -0.786. The Balaban J connectivity index is 2.06. The summed E-state index contributed by atoms with van der Waals surface area (Å²) in [5.41, 5.74) is 6.46. The molecule has 8 nitrogen and oxygen atoms in total. The minimum absolute atomic E-state index is 0.261. The maximum atomic E-state index is 12.0. The van der Waals surface area contributed by atoms with Crippen LogP contribution in [0.5, 0.6) is 0 Å². The van der Waals surface area contributed by atoms with E-state index in [1.165, 1.54) is 12.1 Å². The third kappa shape index (κ3) is 3.90. The summed E-state index contributed by atoms with van der Waals surface area (Å²) in [6, 6.07) is 5.87. The molecule has 2 unspecified atom stereocenters. The molecule has 1 amide bonds. The van der Waals surface area contributed by atoms with Gasteiger partial charge in [-0.05, 0) is 18.2 Å². The van der Waals surface area contributed by atoms with Crippen molar-refractivity contribution in [3.8, 4) is 0 Å². The topological polar surface area (TPSA) is 137 Å². The number of ether oxygens (including phenoxy) is 1. The van der Waals surface area contributed by atoms with E-state index in [9.17, 15) is 13.2 Å². The molecule has 0 radical (unpaired) electrons. The first-order valence-electron chi connectivity index (χ1n) is 5.90. The molecule has 1 saturated heterocycles. The number of hydrogen-bond donors (Lipinski definition) is 4. The largest absolute Gasteiger partial charge is 0.379 e. The fourth-order valence-corrected chi connectivity index (χ4v) is 2.36. The van der Waals surface area contributed by atoms with Crippen LogP contribution in [0.3, 0.4) is 0 Å². The van der Waals surface area contributed by atoms with Crippen molar-refractivity contribution in [3.63, 3.8) is 0 Å². The molecule has 110 valence electrons. The summed E-state index contributed by atoms with van der Waals surface area (Å²) in [6.07, 6.45) is 0. The van der Waals surface area contributed by atoms with Gasteiger partial charge in [-0.15, -0.1) is 0 Å². The van der Waals surface area contributed by atoms with Crippen LogP contribution in [0.25, 0.3) is 0 Å². The van der Waals surface area contributed by atoms with Crippen molar-refractivity contribution in [2.24, 2.45) is 16.8 Å². The van der Waals surface area contributed by atoms with Crippen molar-refractivity contribution < 1.29 is 17.9 Å². The minimum atomic E-state index is -3.85. The molecule has 1 aliphatic rings. The summed E-state index contributed by atoms with van der Waals surface area (Å²) in [5, 5.41) is 7.54. The summed E-state index contributed by atoms with van der Waals surface area (Å²) in [4.78, 5) is 12.0. The molecule has 0 aliphatic carbocycles. The van der Waals surface area contributed by atoms with Crippen LogP contribution >= 0.6 is 0 Å². The molecule has 0 spiro atoms. The van der Waals surface area contributed by atoms with E-state index in [2.05, 4.69) is 10.0 Å². The average molecular weight is 300 g/mol. The van der Waals surface area contributed by atoms with Crippen molar-refractivity contribution in [3.05, 3.63) is 24.3 Å². The van der Waals surface area contributed by atoms with Crippen LogP contribution in [0.1, 0.15) is 0 Å². The molecule has 2 rings (SSSR count). The SMILES string of the molecule is NC1COCC1C(=O)Nc1cccc(NS(N)(=O)=O)c1. The number of anilines is 2. The maximum Gasteiger partial charge on any atom is 0.296 e. The number of carbonyl (C=O) groups excluding carboxylic acids is 1. The van der Waals surface area contributed by atoms with Crippen molar-refractivity contribution in [2.75, 3.05) is 23.3 Å². The van der Waals surface area contributed by atoms with Gasteiger partial charge in [-0.2, -0.15) is 8.42 Å². The van der Waals surface area contributed by atoms with Gasteiger partial charge >= 0.3 is 0 Å². The fourth-order valence-electron chi connectivity index (χ4n) is 1.90. The lowest BCUT2D eigenvalue weighted by Crippen LogP contribution is -2.37. The molecule has 9 heteroatoms. The van der Waals surface area contributed by atoms with E-state index in [0.29, 0.717) is 12.3 Å². The lowest BCUT2D eigenvalue weighted by molar-refractivity contribution is -0.120. The van der Waals surface area contributed by atoms with E-state index in [1.54, 1.807) is 12.1 Å². The minimum Gasteiger partial charge on any atom is -0.379 e. The Morgan fingerprint density at radius 3 is 2.60 bits per heavy atom. The summed E-state index contributed by atoms with van der Waals surface area (Å²) in [6.45, 7) is 0.632.